The molecule has 0 radical (unpaired) electrons. The van der Waals surface area contributed by atoms with Crippen LogP contribution in [0.3, 0.4) is 0 Å². The van der Waals surface area contributed by atoms with Crippen LogP contribution >= 0.6 is 11.6 Å². The van der Waals surface area contributed by atoms with Crippen molar-refractivity contribution in [2.75, 3.05) is 0 Å². The average molecular weight is 351 g/mol. The van der Waals surface area contributed by atoms with Crippen LogP contribution in [-0.4, -0.2) is 24.8 Å². The van der Waals surface area contributed by atoms with Gasteiger partial charge in [-0.05, 0) is 35.8 Å². The van der Waals surface area contributed by atoms with Crippen molar-refractivity contribution in [3.05, 3.63) is 58.5 Å². The van der Waals surface area contributed by atoms with Crippen molar-refractivity contribution in [3.63, 3.8) is 0 Å². The van der Waals surface area contributed by atoms with E-state index >= 15 is 0 Å². The molecule has 0 fully saturated rings. The third kappa shape index (κ3) is 2.62. The highest BCUT2D eigenvalue weighted by molar-refractivity contribution is 6.35. The summed E-state index contributed by atoms with van der Waals surface area (Å²) in [6.07, 6.45) is 1.67. The molecule has 3 heterocycles. The fourth-order valence-corrected chi connectivity index (χ4v) is 2.87. The van der Waals surface area contributed by atoms with E-state index in [1.807, 2.05) is 28.8 Å². The zero-order chi connectivity index (χ0) is 17.4. The Bertz CT molecular complexity index is 1110. The molecule has 0 bridgehead atoms. The maximum Gasteiger partial charge on any atom is 0.173 e. The van der Waals surface area contributed by atoms with Crippen molar-refractivity contribution in [3.8, 4) is 17.6 Å². The minimum atomic E-state index is 0.374. The Kier molecular flexibility index (Phi) is 3.67. The number of nitrogens with zero attached hydrogens (tertiary/aromatic N) is 6. The van der Waals surface area contributed by atoms with Crippen LogP contribution < -0.4 is 0 Å². The summed E-state index contributed by atoms with van der Waals surface area (Å²) < 4.78 is 6.81. The van der Waals surface area contributed by atoms with Gasteiger partial charge in [-0.25, -0.2) is 14.6 Å². The van der Waals surface area contributed by atoms with E-state index < -0.39 is 0 Å². The number of pyridine rings is 1. The molecule has 122 valence electrons. The van der Waals surface area contributed by atoms with E-state index in [0.29, 0.717) is 40.0 Å². The van der Waals surface area contributed by atoms with Gasteiger partial charge in [0.05, 0.1) is 17.1 Å². The van der Waals surface area contributed by atoms with Crippen LogP contribution in [0.25, 0.3) is 22.6 Å². The van der Waals surface area contributed by atoms with Crippen molar-refractivity contribution in [1.82, 2.24) is 24.8 Å². The summed E-state index contributed by atoms with van der Waals surface area (Å²) in [4.78, 5) is 8.76. The Labute approximate surface area is 147 Å². The highest BCUT2D eigenvalue weighted by atomic mass is 35.5. The summed E-state index contributed by atoms with van der Waals surface area (Å²) in [5.41, 5.74) is 4.06. The largest absolute Gasteiger partial charge is 0.318 e. The lowest BCUT2D eigenvalue weighted by Crippen LogP contribution is -2.03. The molecule has 4 aromatic rings. The highest BCUT2D eigenvalue weighted by Gasteiger charge is 2.19. The highest BCUT2D eigenvalue weighted by Crippen LogP contribution is 2.30. The standard InChI is InChI=1S/C17H11ClN6O/c1-10-15(23-25-22-10)17-21-16-13(18)3-2-4-14(16)24(17)9-11-5-6-12(7-19)20-8-11/h2-6,8H,9H2,1H3. The van der Waals surface area contributed by atoms with Gasteiger partial charge in [0, 0.05) is 6.20 Å². The minimum absolute atomic E-state index is 0.374. The van der Waals surface area contributed by atoms with Gasteiger partial charge in [-0.2, -0.15) is 5.26 Å². The second-order valence-electron chi connectivity index (χ2n) is 5.49. The lowest BCUT2D eigenvalue weighted by Gasteiger charge is -2.08. The number of fused-ring (bicyclic) bond motifs is 1. The van der Waals surface area contributed by atoms with Crippen LogP contribution in [0, 0.1) is 18.3 Å². The number of aryl methyl sites for hydroxylation is 1. The third-order valence-electron chi connectivity index (χ3n) is 3.87. The Hall–Kier alpha value is -3.24. The van der Waals surface area contributed by atoms with Gasteiger partial charge in [0.1, 0.15) is 23.0 Å². The van der Waals surface area contributed by atoms with Crippen molar-refractivity contribution < 1.29 is 4.63 Å². The molecule has 0 spiro atoms. The second kappa shape index (κ2) is 6.00. The van der Waals surface area contributed by atoms with Gasteiger partial charge in [0.2, 0.25) is 0 Å². The number of aromatic nitrogens is 5. The average Bonchev–Trinajstić information content (AvgIpc) is 3.20. The molecule has 0 N–H and O–H groups in total. The van der Waals surface area contributed by atoms with Crippen LogP contribution in [0.1, 0.15) is 17.0 Å². The fourth-order valence-electron chi connectivity index (χ4n) is 2.65. The SMILES string of the molecule is Cc1nonc1-c1nc2c(Cl)cccc2n1Cc1ccc(C#N)nc1. The Morgan fingerprint density at radius 1 is 1.24 bits per heavy atom. The molecule has 25 heavy (non-hydrogen) atoms. The van der Waals surface area contributed by atoms with Crippen LogP contribution in [0.2, 0.25) is 5.02 Å². The van der Waals surface area contributed by atoms with E-state index in [4.69, 9.17) is 21.5 Å². The number of hydrogen-bond donors (Lipinski definition) is 0. The van der Waals surface area contributed by atoms with Gasteiger partial charge < -0.3 is 4.57 Å². The summed E-state index contributed by atoms with van der Waals surface area (Å²) >= 11 is 6.30. The number of halogens is 1. The molecular formula is C17H11ClN6O. The molecule has 0 aliphatic rings. The van der Waals surface area contributed by atoms with Gasteiger partial charge in [-0.3, -0.25) is 0 Å². The first-order chi connectivity index (χ1) is 12.2. The van der Waals surface area contributed by atoms with Gasteiger partial charge in [-0.1, -0.05) is 28.9 Å². The summed E-state index contributed by atoms with van der Waals surface area (Å²) in [6, 6.07) is 11.2. The molecule has 0 atom stereocenters. The molecule has 0 unspecified atom stereocenters. The number of hydrogen-bond acceptors (Lipinski definition) is 6. The molecule has 4 rings (SSSR count). The van der Waals surface area contributed by atoms with E-state index in [9.17, 15) is 0 Å². The van der Waals surface area contributed by atoms with Crippen molar-refractivity contribution in [2.45, 2.75) is 13.5 Å². The quantitative estimate of drug-likeness (QED) is 0.562. The lowest BCUT2D eigenvalue weighted by atomic mass is 10.2. The van der Waals surface area contributed by atoms with Crippen molar-refractivity contribution in [1.29, 1.82) is 5.26 Å². The Morgan fingerprint density at radius 3 is 2.80 bits per heavy atom. The van der Waals surface area contributed by atoms with E-state index in [2.05, 4.69) is 20.3 Å². The minimum Gasteiger partial charge on any atom is -0.318 e. The number of rotatable bonds is 3. The van der Waals surface area contributed by atoms with Gasteiger partial charge in [0.15, 0.2) is 11.5 Å². The molecular weight excluding hydrogens is 340 g/mol. The molecule has 3 aromatic heterocycles. The summed E-state index contributed by atoms with van der Waals surface area (Å²) in [5.74, 6) is 0.617. The van der Waals surface area contributed by atoms with E-state index in [1.54, 1.807) is 25.3 Å². The monoisotopic (exact) mass is 350 g/mol. The fraction of sp³-hybridized carbons (Fsp3) is 0.118. The summed E-state index contributed by atoms with van der Waals surface area (Å²) in [5, 5.41) is 17.3. The Morgan fingerprint density at radius 2 is 2.12 bits per heavy atom. The maximum atomic E-state index is 8.89. The van der Waals surface area contributed by atoms with Crippen LogP contribution in [0.4, 0.5) is 0 Å². The predicted octanol–water partition coefficient (Wildman–Crippen LogP) is 3.36. The third-order valence-corrected chi connectivity index (χ3v) is 4.18. The smallest absolute Gasteiger partial charge is 0.173 e. The molecule has 0 aliphatic heterocycles. The van der Waals surface area contributed by atoms with Gasteiger partial charge in [0.25, 0.3) is 0 Å². The van der Waals surface area contributed by atoms with Gasteiger partial charge >= 0.3 is 0 Å². The van der Waals surface area contributed by atoms with Crippen LogP contribution in [-0.2, 0) is 6.54 Å². The zero-order valence-electron chi connectivity index (χ0n) is 13.1. The van der Waals surface area contributed by atoms with Crippen molar-refractivity contribution in [2.24, 2.45) is 0 Å². The van der Waals surface area contributed by atoms with Gasteiger partial charge in [-0.15, -0.1) is 0 Å². The molecule has 0 saturated heterocycles. The number of para-hydroxylation sites is 1. The molecule has 0 amide bonds. The predicted molar refractivity (Wildman–Crippen MR) is 90.8 cm³/mol. The molecule has 0 saturated carbocycles. The molecule has 0 aliphatic carbocycles. The van der Waals surface area contributed by atoms with E-state index in [-0.39, 0.29) is 0 Å². The Balaban J connectivity index is 1.90. The van der Waals surface area contributed by atoms with Crippen molar-refractivity contribution >= 4 is 22.6 Å². The summed E-state index contributed by atoms with van der Waals surface area (Å²) in [6.45, 7) is 2.30. The number of imidazole rings is 1. The molecule has 7 nitrogen and oxygen atoms in total. The first-order valence-corrected chi connectivity index (χ1v) is 7.84. The second-order valence-corrected chi connectivity index (χ2v) is 5.90. The normalized spacial score (nSPS) is 10.9. The molecule has 8 heteroatoms. The lowest BCUT2D eigenvalue weighted by molar-refractivity contribution is 0.305. The summed E-state index contributed by atoms with van der Waals surface area (Å²) in [7, 11) is 0. The molecule has 1 aromatic carbocycles. The first-order valence-electron chi connectivity index (χ1n) is 7.46. The number of nitriles is 1. The topological polar surface area (TPSA) is 93.4 Å². The first kappa shape index (κ1) is 15.3. The van der Waals surface area contributed by atoms with E-state index in [1.165, 1.54) is 0 Å². The van der Waals surface area contributed by atoms with Crippen LogP contribution in [0.5, 0.6) is 0 Å². The number of benzene rings is 1. The van der Waals surface area contributed by atoms with E-state index in [0.717, 1.165) is 11.1 Å². The maximum absolute atomic E-state index is 8.89. The van der Waals surface area contributed by atoms with Crippen LogP contribution in [0.15, 0.2) is 41.2 Å². The zero-order valence-corrected chi connectivity index (χ0v) is 13.9.